The van der Waals surface area contributed by atoms with Crippen molar-refractivity contribution >= 4 is 5.97 Å². The third-order valence-electron chi connectivity index (χ3n) is 4.08. The van der Waals surface area contributed by atoms with Crippen LogP contribution in [-0.2, 0) is 11.3 Å². The van der Waals surface area contributed by atoms with Gasteiger partial charge in [-0.25, -0.2) is 4.39 Å². The Balaban J connectivity index is 1.94. The molecule has 6 heteroatoms. The zero-order valence-electron chi connectivity index (χ0n) is 13.2. The zero-order valence-corrected chi connectivity index (χ0v) is 13.2. The predicted octanol–water partition coefficient (Wildman–Crippen LogP) is 2.85. The van der Waals surface area contributed by atoms with Gasteiger partial charge in [-0.15, -0.1) is 0 Å². The third-order valence-corrected chi connectivity index (χ3v) is 4.08. The average molecular weight is 331 g/mol. The fraction of sp³-hybridized carbons (Fsp3) is 0.278. The van der Waals surface area contributed by atoms with Gasteiger partial charge in [-0.1, -0.05) is 24.3 Å². The van der Waals surface area contributed by atoms with E-state index in [1.165, 1.54) is 12.1 Å². The van der Waals surface area contributed by atoms with Crippen molar-refractivity contribution < 1.29 is 23.8 Å². The minimum atomic E-state index is -1.09. The molecule has 0 saturated carbocycles. The van der Waals surface area contributed by atoms with Crippen molar-refractivity contribution in [3.8, 4) is 11.5 Å². The van der Waals surface area contributed by atoms with E-state index in [-0.39, 0.29) is 5.56 Å². The number of ether oxygens (including phenoxy) is 2. The Hall–Kier alpha value is -2.60. The molecule has 126 valence electrons. The predicted molar refractivity (Wildman–Crippen MR) is 85.7 cm³/mol. The number of carboxylic acids is 1. The molecule has 1 heterocycles. The molecule has 1 aliphatic heterocycles. The summed E-state index contributed by atoms with van der Waals surface area (Å²) >= 11 is 0. The minimum Gasteiger partial charge on any atom is -0.497 e. The average Bonchev–Trinajstić information content (AvgIpc) is 2.78. The van der Waals surface area contributed by atoms with Crippen LogP contribution in [0.25, 0.3) is 0 Å². The maximum absolute atomic E-state index is 14.1. The van der Waals surface area contributed by atoms with Gasteiger partial charge in [0.2, 0.25) is 0 Å². The van der Waals surface area contributed by atoms with Gasteiger partial charge < -0.3 is 14.6 Å². The Bertz CT molecular complexity index is 750. The number of aliphatic carboxylic acids is 1. The van der Waals surface area contributed by atoms with Crippen LogP contribution in [-0.4, -0.2) is 36.2 Å². The molecule has 0 amide bonds. The highest BCUT2D eigenvalue weighted by Gasteiger charge is 2.31. The number of halogens is 1. The molecular weight excluding hydrogens is 313 g/mol. The van der Waals surface area contributed by atoms with Crippen molar-refractivity contribution in [3.63, 3.8) is 0 Å². The Morgan fingerprint density at radius 2 is 2.12 bits per heavy atom. The van der Waals surface area contributed by atoms with Gasteiger partial charge in [-0.3, -0.25) is 9.69 Å². The van der Waals surface area contributed by atoms with Gasteiger partial charge in [0, 0.05) is 30.3 Å². The molecule has 3 rings (SSSR count). The lowest BCUT2D eigenvalue weighted by Crippen LogP contribution is -2.35. The van der Waals surface area contributed by atoms with Crippen molar-refractivity contribution in [2.75, 3.05) is 20.3 Å². The summed E-state index contributed by atoms with van der Waals surface area (Å²) in [7, 11) is 1.57. The molecular formula is C18H18FNO4. The Morgan fingerprint density at radius 1 is 1.33 bits per heavy atom. The Kier molecular flexibility index (Phi) is 4.66. The lowest BCUT2D eigenvalue weighted by Gasteiger charge is -2.27. The molecule has 0 fully saturated rings. The van der Waals surface area contributed by atoms with Gasteiger partial charge in [-0.2, -0.15) is 0 Å². The highest BCUT2D eigenvalue weighted by Crippen LogP contribution is 2.32. The first-order valence-electron chi connectivity index (χ1n) is 7.61. The molecule has 0 radical (unpaired) electrons. The monoisotopic (exact) mass is 331 g/mol. The molecule has 1 N–H and O–H groups in total. The van der Waals surface area contributed by atoms with Crippen LogP contribution >= 0.6 is 0 Å². The molecule has 0 saturated heterocycles. The maximum atomic E-state index is 14.1. The molecule has 2 aromatic rings. The number of benzene rings is 2. The largest absolute Gasteiger partial charge is 0.497 e. The minimum absolute atomic E-state index is 0.155. The normalized spacial score (nSPS) is 15.8. The van der Waals surface area contributed by atoms with Crippen LogP contribution in [0.3, 0.4) is 0 Å². The highest BCUT2D eigenvalue weighted by molar-refractivity contribution is 5.75. The maximum Gasteiger partial charge on any atom is 0.325 e. The van der Waals surface area contributed by atoms with Gasteiger partial charge in [0.05, 0.1) is 7.11 Å². The second-order valence-corrected chi connectivity index (χ2v) is 5.55. The number of nitrogens with zero attached hydrogens (tertiary/aromatic N) is 1. The molecule has 1 aliphatic rings. The van der Waals surface area contributed by atoms with E-state index in [1.807, 2.05) is 6.07 Å². The van der Waals surface area contributed by atoms with Crippen molar-refractivity contribution in [1.29, 1.82) is 0 Å². The third kappa shape index (κ3) is 3.19. The summed E-state index contributed by atoms with van der Waals surface area (Å²) in [4.78, 5) is 13.5. The van der Waals surface area contributed by atoms with E-state index in [9.17, 15) is 14.3 Å². The van der Waals surface area contributed by atoms with Crippen LogP contribution in [0.1, 0.15) is 17.2 Å². The first kappa shape index (κ1) is 16.3. The van der Waals surface area contributed by atoms with Crippen molar-refractivity contribution in [1.82, 2.24) is 4.90 Å². The van der Waals surface area contributed by atoms with Gasteiger partial charge in [0.1, 0.15) is 30.0 Å². The summed E-state index contributed by atoms with van der Waals surface area (Å²) < 4.78 is 25.0. The topological polar surface area (TPSA) is 59.0 Å². The Labute approximate surface area is 139 Å². The number of methoxy groups -OCH3 is 1. The fourth-order valence-electron chi connectivity index (χ4n) is 2.90. The summed E-state index contributed by atoms with van der Waals surface area (Å²) in [6.07, 6.45) is 0. The van der Waals surface area contributed by atoms with E-state index in [2.05, 4.69) is 0 Å². The van der Waals surface area contributed by atoms with Gasteiger partial charge in [0.25, 0.3) is 0 Å². The first-order chi connectivity index (χ1) is 11.6. The van der Waals surface area contributed by atoms with E-state index in [0.29, 0.717) is 31.2 Å². The molecule has 0 bridgehead atoms. The number of fused-ring (bicyclic) bond motifs is 1. The lowest BCUT2D eigenvalue weighted by molar-refractivity contribution is -0.144. The fourth-order valence-corrected chi connectivity index (χ4v) is 2.90. The van der Waals surface area contributed by atoms with Gasteiger partial charge in [-0.05, 0) is 12.1 Å². The molecule has 24 heavy (non-hydrogen) atoms. The number of carboxylic acid groups (broad SMARTS) is 1. The van der Waals surface area contributed by atoms with E-state index >= 15 is 0 Å². The quantitative estimate of drug-likeness (QED) is 0.933. The lowest BCUT2D eigenvalue weighted by atomic mass is 10.0. The molecule has 5 nitrogen and oxygen atoms in total. The van der Waals surface area contributed by atoms with E-state index in [0.717, 1.165) is 5.56 Å². The zero-order chi connectivity index (χ0) is 17.1. The van der Waals surface area contributed by atoms with E-state index < -0.39 is 17.8 Å². The van der Waals surface area contributed by atoms with Crippen molar-refractivity contribution in [2.24, 2.45) is 0 Å². The van der Waals surface area contributed by atoms with Crippen LogP contribution in [0.15, 0.2) is 42.5 Å². The van der Waals surface area contributed by atoms with Gasteiger partial charge >= 0.3 is 5.97 Å². The summed E-state index contributed by atoms with van der Waals surface area (Å²) in [5.74, 6) is -0.275. The standard InChI is InChI=1S/C18H18FNO4/c1-23-13-7-6-12-11-20(8-9-24-16(12)10-13)17(18(21)22)14-4-2-3-5-15(14)19/h2-7,10,17H,8-9,11H2,1H3,(H,21,22). The first-order valence-corrected chi connectivity index (χ1v) is 7.61. The number of carbonyl (C=O) groups is 1. The summed E-state index contributed by atoms with van der Waals surface area (Å²) in [6, 6.07) is 10.3. The van der Waals surface area contributed by atoms with E-state index in [4.69, 9.17) is 9.47 Å². The number of hydrogen-bond donors (Lipinski definition) is 1. The van der Waals surface area contributed by atoms with Crippen LogP contribution in [0, 0.1) is 5.82 Å². The van der Waals surface area contributed by atoms with E-state index in [1.54, 1.807) is 36.3 Å². The van der Waals surface area contributed by atoms with Crippen LogP contribution in [0.5, 0.6) is 11.5 Å². The molecule has 0 aromatic heterocycles. The second-order valence-electron chi connectivity index (χ2n) is 5.55. The van der Waals surface area contributed by atoms with Crippen molar-refractivity contribution in [3.05, 3.63) is 59.4 Å². The second kappa shape index (κ2) is 6.88. The molecule has 0 spiro atoms. The molecule has 2 aromatic carbocycles. The van der Waals surface area contributed by atoms with Crippen LogP contribution < -0.4 is 9.47 Å². The summed E-state index contributed by atoms with van der Waals surface area (Å²) in [6.45, 7) is 1.05. The Morgan fingerprint density at radius 3 is 2.83 bits per heavy atom. The molecule has 1 unspecified atom stereocenters. The SMILES string of the molecule is COc1ccc2c(c1)OCCN(C(C(=O)O)c1ccccc1F)C2. The number of rotatable bonds is 4. The molecule has 0 aliphatic carbocycles. The number of hydrogen-bond acceptors (Lipinski definition) is 4. The highest BCUT2D eigenvalue weighted by atomic mass is 19.1. The van der Waals surface area contributed by atoms with Crippen LogP contribution in [0.2, 0.25) is 0 Å². The van der Waals surface area contributed by atoms with Gasteiger partial charge in [0.15, 0.2) is 0 Å². The van der Waals surface area contributed by atoms with Crippen LogP contribution in [0.4, 0.5) is 4.39 Å². The van der Waals surface area contributed by atoms with Crippen molar-refractivity contribution in [2.45, 2.75) is 12.6 Å². The molecule has 1 atom stereocenters. The summed E-state index contributed by atoms with van der Waals surface area (Å²) in [5, 5.41) is 9.66. The smallest absolute Gasteiger partial charge is 0.325 e. The summed E-state index contributed by atoms with van der Waals surface area (Å²) in [5.41, 5.74) is 0.998.